The van der Waals surface area contributed by atoms with Crippen LogP contribution in [0.1, 0.15) is 19.3 Å². The Morgan fingerprint density at radius 3 is 2.00 bits per heavy atom. The van der Waals surface area contributed by atoms with E-state index < -0.39 is 18.1 Å². The molecule has 1 fully saturated rings. The van der Waals surface area contributed by atoms with Crippen molar-refractivity contribution in [3.63, 3.8) is 0 Å². The van der Waals surface area contributed by atoms with Gasteiger partial charge in [-0.2, -0.15) is 8.42 Å². The van der Waals surface area contributed by atoms with Crippen LogP contribution in [0.15, 0.2) is 0 Å². The molecule has 1 aliphatic heterocycles. The van der Waals surface area contributed by atoms with Crippen LogP contribution in [-0.4, -0.2) is 29.5 Å². The molecule has 1 heterocycles. The molecule has 0 bridgehead atoms. The number of hydrogen-bond donors (Lipinski definition) is 0. The van der Waals surface area contributed by atoms with E-state index in [1.54, 1.807) is 0 Å². The highest BCUT2D eigenvalue weighted by molar-refractivity contribution is 7.92. The summed E-state index contributed by atoms with van der Waals surface area (Å²) in [5.41, 5.74) is 0. The summed E-state index contributed by atoms with van der Waals surface area (Å²) in [6, 6.07) is 0. The van der Waals surface area contributed by atoms with Gasteiger partial charge in [-0.1, -0.05) is 34.8 Å². The second-order valence-electron chi connectivity index (χ2n) is 3.27. The molecule has 15 heavy (non-hydrogen) atoms. The smallest absolute Gasteiger partial charge is 0.190 e. The van der Waals surface area contributed by atoms with Gasteiger partial charge in [-0.3, -0.25) is 0 Å². The molecule has 1 rings (SSSR count). The molecule has 0 aromatic rings. The molecule has 0 aromatic carbocycles. The van der Waals surface area contributed by atoms with Crippen molar-refractivity contribution in [1.82, 2.24) is 0 Å². The summed E-state index contributed by atoms with van der Waals surface area (Å²) in [5, 5.41) is 0. The first kappa shape index (κ1) is 13.7. The maximum atomic E-state index is 13.8. The third kappa shape index (κ3) is 3.57. The van der Waals surface area contributed by atoms with Crippen LogP contribution >= 0.6 is 34.8 Å². The molecular formula is C6H10Cl3FNO3S+. The van der Waals surface area contributed by atoms with Gasteiger partial charge in [0.2, 0.25) is 0 Å². The van der Waals surface area contributed by atoms with E-state index in [0.29, 0.717) is 12.8 Å². The molecule has 1 aliphatic rings. The van der Waals surface area contributed by atoms with E-state index in [-0.39, 0.29) is 13.1 Å². The van der Waals surface area contributed by atoms with E-state index in [1.165, 1.54) is 0 Å². The van der Waals surface area contributed by atoms with Gasteiger partial charge in [0.05, 0.1) is 0 Å². The molecule has 0 amide bonds. The van der Waals surface area contributed by atoms with E-state index in [2.05, 4.69) is 4.28 Å². The van der Waals surface area contributed by atoms with Crippen molar-refractivity contribution in [2.75, 3.05) is 13.1 Å². The maximum absolute atomic E-state index is 13.8. The van der Waals surface area contributed by atoms with Crippen LogP contribution in [0.4, 0.5) is 4.48 Å². The molecule has 0 atom stereocenters. The van der Waals surface area contributed by atoms with Gasteiger partial charge in [0.15, 0.2) is 13.1 Å². The summed E-state index contributed by atoms with van der Waals surface area (Å²) < 4.78 is 37.9. The molecule has 1 saturated heterocycles. The number of alkyl halides is 3. The van der Waals surface area contributed by atoms with Gasteiger partial charge in [0.1, 0.15) is 0 Å². The Morgan fingerprint density at radius 2 is 1.60 bits per heavy atom. The van der Waals surface area contributed by atoms with Crippen molar-refractivity contribution in [3.8, 4) is 0 Å². The van der Waals surface area contributed by atoms with Crippen LogP contribution in [0.3, 0.4) is 0 Å². The Balaban J connectivity index is 2.76. The topological polar surface area (TPSA) is 43.4 Å². The largest absolute Gasteiger partial charge is 0.366 e. The van der Waals surface area contributed by atoms with E-state index >= 15 is 0 Å². The third-order valence-electron chi connectivity index (χ3n) is 2.00. The van der Waals surface area contributed by atoms with Gasteiger partial charge in [-0.25, -0.2) is 0 Å². The molecule has 9 heteroatoms. The van der Waals surface area contributed by atoms with Crippen LogP contribution < -0.4 is 0 Å². The normalized spacial score (nSPS) is 22.7. The lowest BCUT2D eigenvalue weighted by Gasteiger charge is -2.26. The fourth-order valence-electron chi connectivity index (χ4n) is 1.28. The van der Waals surface area contributed by atoms with Gasteiger partial charge >= 0.3 is 13.2 Å². The Kier molecular flexibility index (Phi) is 4.12. The summed E-state index contributed by atoms with van der Waals surface area (Å²) in [6.07, 6.45) is 1.90. The van der Waals surface area contributed by atoms with Crippen LogP contribution in [0, 0.1) is 0 Å². The molecule has 0 unspecified atom stereocenters. The van der Waals surface area contributed by atoms with Crippen LogP contribution in [0.5, 0.6) is 0 Å². The number of hydrogen-bond acceptors (Lipinski definition) is 3. The van der Waals surface area contributed by atoms with Crippen LogP contribution in [0.25, 0.3) is 0 Å². The number of piperidine rings is 1. The minimum absolute atomic E-state index is 0.0556. The van der Waals surface area contributed by atoms with E-state index in [4.69, 9.17) is 34.8 Å². The predicted octanol–water partition coefficient (Wildman–Crippen LogP) is 2.46. The summed E-state index contributed by atoms with van der Waals surface area (Å²) in [4.78, 5) is -1.55. The fraction of sp³-hybridized carbons (Fsp3) is 1.00. The summed E-state index contributed by atoms with van der Waals surface area (Å²) in [6.45, 7) is -0.111. The monoisotopic (exact) mass is 300 g/mol. The lowest BCUT2D eigenvalue weighted by Crippen LogP contribution is -2.47. The zero-order chi connectivity index (χ0) is 11.7. The Morgan fingerprint density at radius 1 is 1.13 bits per heavy atom. The third-order valence-corrected chi connectivity index (χ3v) is 4.73. The molecule has 0 saturated carbocycles. The maximum Gasteiger partial charge on any atom is 0.366 e. The van der Waals surface area contributed by atoms with Crippen molar-refractivity contribution in [3.05, 3.63) is 0 Å². The predicted molar refractivity (Wildman–Crippen MR) is 55.2 cm³/mol. The number of quaternary nitrogens is 1. The van der Waals surface area contributed by atoms with Crippen LogP contribution in [-0.2, 0) is 14.4 Å². The first-order valence-electron chi connectivity index (χ1n) is 4.26. The van der Waals surface area contributed by atoms with Gasteiger partial charge in [-0.05, 0) is 10.7 Å². The zero-order valence-corrected chi connectivity index (χ0v) is 10.7. The first-order chi connectivity index (χ1) is 6.66. The van der Waals surface area contributed by atoms with E-state index in [0.717, 1.165) is 6.42 Å². The van der Waals surface area contributed by atoms with Gasteiger partial charge < -0.3 is 0 Å². The van der Waals surface area contributed by atoms with Gasteiger partial charge in [-0.15, -0.1) is 0 Å². The second-order valence-corrected chi connectivity index (χ2v) is 7.90. The highest BCUT2D eigenvalue weighted by Gasteiger charge is 2.49. The van der Waals surface area contributed by atoms with Crippen molar-refractivity contribution in [1.29, 1.82) is 0 Å². The molecule has 90 valence electrons. The SMILES string of the molecule is O=S(=O)(O[N+]1(F)CCCCC1)C(Cl)(Cl)Cl. The average Bonchev–Trinajstić information content (AvgIpc) is 2.00. The number of nitrogens with zero attached hydrogens (tertiary/aromatic N) is 1. The molecule has 0 aliphatic carbocycles. The lowest BCUT2D eigenvalue weighted by atomic mass is 10.2. The first-order valence-corrected chi connectivity index (χ1v) is 6.80. The average molecular weight is 302 g/mol. The van der Waals surface area contributed by atoms with Gasteiger partial charge in [0.25, 0.3) is 0 Å². The molecule has 0 aromatic heterocycles. The molecule has 0 N–H and O–H groups in total. The minimum Gasteiger partial charge on any atom is -0.190 e. The summed E-state index contributed by atoms with van der Waals surface area (Å²) >= 11 is 15.4. The van der Waals surface area contributed by atoms with Crippen molar-refractivity contribution >= 4 is 44.9 Å². The Hall–Kier alpha value is 0.670. The summed E-state index contributed by atoms with van der Waals surface area (Å²) in [5.74, 6) is 0. The molecular weight excluding hydrogens is 291 g/mol. The molecule has 0 radical (unpaired) electrons. The quantitative estimate of drug-likeness (QED) is 0.581. The lowest BCUT2D eigenvalue weighted by molar-refractivity contribution is -1.19. The highest BCUT2D eigenvalue weighted by atomic mass is 35.6. The van der Waals surface area contributed by atoms with Crippen molar-refractivity contribution in [2.45, 2.75) is 22.4 Å². The minimum atomic E-state index is -4.56. The highest BCUT2D eigenvalue weighted by Crippen LogP contribution is 2.36. The van der Waals surface area contributed by atoms with Gasteiger partial charge in [0, 0.05) is 22.2 Å². The second kappa shape index (κ2) is 4.50. The number of halogens is 4. The molecule has 4 nitrogen and oxygen atoms in total. The molecule has 0 spiro atoms. The van der Waals surface area contributed by atoms with Crippen LogP contribution in [0.2, 0.25) is 0 Å². The standard InChI is InChI=1S/C6H10Cl3FNO3S/c7-6(8,9)15(12,13)14-11(10)4-2-1-3-5-11/h1-5H2/q+1. The van der Waals surface area contributed by atoms with E-state index in [9.17, 15) is 12.9 Å². The number of hydroxylamine groups is 2. The van der Waals surface area contributed by atoms with Crippen molar-refractivity contribution in [2.24, 2.45) is 0 Å². The summed E-state index contributed by atoms with van der Waals surface area (Å²) in [7, 11) is -4.56. The number of rotatable bonds is 2. The zero-order valence-electron chi connectivity index (χ0n) is 7.63. The Bertz CT molecular complexity index is 323. The Labute approximate surface area is 102 Å². The van der Waals surface area contributed by atoms with Crippen molar-refractivity contribution < 1.29 is 22.1 Å². The fourth-order valence-corrected chi connectivity index (χ4v) is 2.12. The van der Waals surface area contributed by atoms with E-state index in [1.807, 2.05) is 0 Å².